The van der Waals surface area contributed by atoms with Gasteiger partial charge in [-0.2, -0.15) is 0 Å². The highest BCUT2D eigenvalue weighted by Gasteiger charge is 2.18. The number of hydrogen-bond donors (Lipinski definition) is 1. The molecule has 3 nitrogen and oxygen atoms in total. The zero-order valence-electron chi connectivity index (χ0n) is 10.6. The Morgan fingerprint density at radius 3 is 3.06 bits per heavy atom. The lowest BCUT2D eigenvalue weighted by molar-refractivity contribution is 0.377. The normalized spacial score (nSPS) is 19.8. The number of hydrogen-bond acceptors (Lipinski definition) is 3. The topological polar surface area (TPSA) is 28.2 Å². The predicted molar refractivity (Wildman–Crippen MR) is 80.4 cm³/mol. The lowest BCUT2D eigenvalue weighted by atomic mass is 9.99. The molecule has 1 aliphatic heterocycles. The number of rotatable bonds is 4. The van der Waals surface area contributed by atoms with Crippen LogP contribution < -0.4 is 10.2 Å². The lowest BCUT2D eigenvalue weighted by Crippen LogP contribution is -2.38. The minimum Gasteiger partial charge on any atom is -0.355 e. The number of nitrogens with one attached hydrogen (secondary N) is 1. The highest BCUT2D eigenvalue weighted by molar-refractivity contribution is 9.10. The molecule has 1 aliphatic rings. The first-order valence-corrected chi connectivity index (χ1v) is 7.64. The van der Waals surface area contributed by atoms with Crippen LogP contribution in [0.25, 0.3) is 0 Å². The standard InChI is InChI=1S/C13H19BrClN3/c1-2-18(9-10-4-3-5-16-7-10)13-12(15)6-11(14)8-17-13/h6,8,10,16H,2-5,7,9H2,1H3. The Balaban J connectivity index is 2.07. The summed E-state index contributed by atoms with van der Waals surface area (Å²) in [6.45, 7) is 6.36. The van der Waals surface area contributed by atoms with Crippen molar-refractivity contribution < 1.29 is 0 Å². The van der Waals surface area contributed by atoms with Gasteiger partial charge in [0.2, 0.25) is 0 Å². The Hall–Kier alpha value is -0.320. The van der Waals surface area contributed by atoms with E-state index in [-0.39, 0.29) is 0 Å². The second-order valence-corrected chi connectivity index (χ2v) is 6.03. The molecule has 0 radical (unpaired) electrons. The largest absolute Gasteiger partial charge is 0.355 e. The van der Waals surface area contributed by atoms with E-state index in [4.69, 9.17) is 11.6 Å². The summed E-state index contributed by atoms with van der Waals surface area (Å²) in [6.07, 6.45) is 4.37. The monoisotopic (exact) mass is 331 g/mol. The molecule has 0 amide bonds. The first-order valence-electron chi connectivity index (χ1n) is 6.47. The maximum atomic E-state index is 6.27. The molecule has 2 rings (SSSR count). The van der Waals surface area contributed by atoms with Crippen LogP contribution in [-0.2, 0) is 0 Å². The molecule has 0 saturated carbocycles. The van der Waals surface area contributed by atoms with E-state index in [0.29, 0.717) is 5.92 Å². The SMILES string of the molecule is CCN(CC1CCCNC1)c1ncc(Br)cc1Cl. The van der Waals surface area contributed by atoms with Crippen molar-refractivity contribution in [2.75, 3.05) is 31.1 Å². The van der Waals surface area contributed by atoms with Gasteiger partial charge in [-0.1, -0.05) is 11.6 Å². The summed E-state index contributed by atoms with van der Waals surface area (Å²) >= 11 is 9.66. The van der Waals surface area contributed by atoms with E-state index in [1.165, 1.54) is 12.8 Å². The van der Waals surface area contributed by atoms with Gasteiger partial charge < -0.3 is 10.2 Å². The fourth-order valence-corrected chi connectivity index (χ4v) is 3.15. The summed E-state index contributed by atoms with van der Waals surface area (Å²) in [7, 11) is 0. The molecule has 18 heavy (non-hydrogen) atoms. The predicted octanol–water partition coefficient (Wildman–Crippen LogP) is 3.32. The number of aromatic nitrogens is 1. The van der Waals surface area contributed by atoms with Crippen molar-refractivity contribution in [2.24, 2.45) is 5.92 Å². The molecule has 1 fully saturated rings. The van der Waals surface area contributed by atoms with Gasteiger partial charge in [0.15, 0.2) is 0 Å². The van der Waals surface area contributed by atoms with Gasteiger partial charge in [0, 0.05) is 23.8 Å². The van der Waals surface area contributed by atoms with E-state index in [9.17, 15) is 0 Å². The zero-order chi connectivity index (χ0) is 13.0. The summed E-state index contributed by atoms with van der Waals surface area (Å²) in [5.41, 5.74) is 0. The third kappa shape index (κ3) is 3.59. The van der Waals surface area contributed by atoms with E-state index in [0.717, 1.165) is 41.5 Å². The molecule has 0 bridgehead atoms. The van der Waals surface area contributed by atoms with E-state index < -0.39 is 0 Å². The van der Waals surface area contributed by atoms with Crippen LogP contribution in [0.1, 0.15) is 19.8 Å². The minimum absolute atomic E-state index is 0.695. The maximum Gasteiger partial charge on any atom is 0.147 e. The number of halogens is 2. The van der Waals surface area contributed by atoms with Crippen molar-refractivity contribution in [1.29, 1.82) is 0 Å². The highest BCUT2D eigenvalue weighted by atomic mass is 79.9. The molecular weight excluding hydrogens is 314 g/mol. The molecule has 1 N–H and O–H groups in total. The quantitative estimate of drug-likeness (QED) is 0.917. The average molecular weight is 333 g/mol. The Morgan fingerprint density at radius 2 is 2.44 bits per heavy atom. The van der Waals surface area contributed by atoms with Crippen molar-refractivity contribution in [1.82, 2.24) is 10.3 Å². The fraction of sp³-hybridized carbons (Fsp3) is 0.615. The number of pyridine rings is 1. The smallest absolute Gasteiger partial charge is 0.147 e. The van der Waals surface area contributed by atoms with Gasteiger partial charge in [-0.3, -0.25) is 0 Å². The minimum atomic E-state index is 0.695. The zero-order valence-corrected chi connectivity index (χ0v) is 13.0. The van der Waals surface area contributed by atoms with Gasteiger partial charge in [0.05, 0.1) is 5.02 Å². The number of nitrogens with zero attached hydrogens (tertiary/aromatic N) is 2. The van der Waals surface area contributed by atoms with Gasteiger partial charge in [0.25, 0.3) is 0 Å². The molecule has 0 spiro atoms. The molecule has 1 aromatic heterocycles. The van der Waals surface area contributed by atoms with Crippen LogP contribution >= 0.6 is 27.5 Å². The van der Waals surface area contributed by atoms with Gasteiger partial charge in [-0.25, -0.2) is 4.98 Å². The Morgan fingerprint density at radius 1 is 1.61 bits per heavy atom. The molecular formula is C13H19BrClN3. The Kier molecular flexibility index (Phi) is 5.27. The fourth-order valence-electron chi connectivity index (χ4n) is 2.40. The van der Waals surface area contributed by atoms with Crippen LogP contribution in [0.15, 0.2) is 16.7 Å². The highest BCUT2D eigenvalue weighted by Crippen LogP contribution is 2.27. The van der Waals surface area contributed by atoms with Crippen LogP contribution in [0.3, 0.4) is 0 Å². The average Bonchev–Trinajstić information content (AvgIpc) is 2.38. The van der Waals surface area contributed by atoms with E-state index in [2.05, 4.69) is 38.1 Å². The van der Waals surface area contributed by atoms with Crippen LogP contribution in [0.4, 0.5) is 5.82 Å². The molecule has 1 aromatic rings. The molecule has 1 unspecified atom stereocenters. The molecule has 1 saturated heterocycles. The second-order valence-electron chi connectivity index (χ2n) is 4.71. The van der Waals surface area contributed by atoms with Crippen LogP contribution in [-0.4, -0.2) is 31.2 Å². The summed E-state index contributed by atoms with van der Waals surface area (Å²) in [5, 5.41) is 4.17. The van der Waals surface area contributed by atoms with E-state index in [1.807, 2.05) is 12.3 Å². The van der Waals surface area contributed by atoms with E-state index in [1.54, 1.807) is 0 Å². The van der Waals surface area contributed by atoms with Crippen molar-refractivity contribution in [3.05, 3.63) is 21.8 Å². The number of anilines is 1. The molecule has 100 valence electrons. The first kappa shape index (κ1) is 14.1. The maximum absolute atomic E-state index is 6.27. The van der Waals surface area contributed by atoms with E-state index >= 15 is 0 Å². The third-order valence-corrected chi connectivity index (χ3v) is 4.06. The van der Waals surface area contributed by atoms with Gasteiger partial charge in [0.1, 0.15) is 5.82 Å². The van der Waals surface area contributed by atoms with Crippen molar-refractivity contribution in [3.8, 4) is 0 Å². The van der Waals surface area contributed by atoms with Crippen LogP contribution in [0.5, 0.6) is 0 Å². The summed E-state index contributed by atoms with van der Waals surface area (Å²) in [5.74, 6) is 1.59. The van der Waals surface area contributed by atoms with Gasteiger partial charge in [-0.15, -0.1) is 0 Å². The Labute approximate surface area is 122 Å². The lowest BCUT2D eigenvalue weighted by Gasteiger charge is -2.30. The van der Waals surface area contributed by atoms with Crippen molar-refractivity contribution in [2.45, 2.75) is 19.8 Å². The third-order valence-electron chi connectivity index (χ3n) is 3.35. The number of piperidine rings is 1. The molecule has 0 aliphatic carbocycles. The summed E-state index contributed by atoms with van der Waals surface area (Å²) in [4.78, 5) is 6.71. The molecule has 1 atom stereocenters. The van der Waals surface area contributed by atoms with Crippen molar-refractivity contribution >= 4 is 33.3 Å². The van der Waals surface area contributed by atoms with Gasteiger partial charge in [-0.05, 0) is 60.8 Å². The van der Waals surface area contributed by atoms with Crippen molar-refractivity contribution in [3.63, 3.8) is 0 Å². The molecule has 5 heteroatoms. The molecule has 0 aromatic carbocycles. The van der Waals surface area contributed by atoms with Crippen LogP contribution in [0.2, 0.25) is 5.02 Å². The van der Waals surface area contributed by atoms with Crippen LogP contribution in [0, 0.1) is 5.92 Å². The summed E-state index contributed by atoms with van der Waals surface area (Å²) in [6, 6.07) is 1.91. The molecule has 2 heterocycles. The second kappa shape index (κ2) is 6.73. The first-order chi connectivity index (χ1) is 8.70. The summed E-state index contributed by atoms with van der Waals surface area (Å²) < 4.78 is 0.923. The van der Waals surface area contributed by atoms with Gasteiger partial charge >= 0.3 is 0 Å². The Bertz CT molecular complexity index is 394.